The summed E-state index contributed by atoms with van der Waals surface area (Å²) in [5, 5.41) is 5.51. The van der Waals surface area contributed by atoms with Crippen molar-refractivity contribution in [3.63, 3.8) is 0 Å². The molecular weight excluding hydrogens is 390 g/mol. The number of nitrogens with zero attached hydrogens (tertiary/aromatic N) is 1. The fraction of sp³-hybridized carbons (Fsp3) is 0.333. The van der Waals surface area contributed by atoms with Crippen molar-refractivity contribution < 1.29 is 18.0 Å². The van der Waals surface area contributed by atoms with E-state index in [0.29, 0.717) is 30.8 Å². The molecule has 0 unspecified atom stereocenters. The standard InChI is InChI=1S/C21H25N3O4S/c1-15-9-11-18(12-10-15)29(27,28)24-13-5-6-17(14-24)21(26)23-20-8-4-3-7-19(20)22-16(2)25/h3-4,7-12,17H,5-6,13-14H2,1-2H3,(H,22,25)(H,23,26)/t17-/m1/s1. The van der Waals surface area contributed by atoms with Crippen molar-refractivity contribution in [1.29, 1.82) is 0 Å². The Morgan fingerprint density at radius 2 is 1.62 bits per heavy atom. The topological polar surface area (TPSA) is 95.6 Å². The Labute approximate surface area is 171 Å². The summed E-state index contributed by atoms with van der Waals surface area (Å²) in [5.74, 6) is -0.958. The number of carbonyl (C=O) groups excluding carboxylic acids is 2. The normalized spacial score (nSPS) is 17.5. The van der Waals surface area contributed by atoms with E-state index in [-0.39, 0.29) is 23.3 Å². The lowest BCUT2D eigenvalue weighted by atomic mass is 9.98. The Bertz CT molecular complexity index is 1000. The van der Waals surface area contributed by atoms with Gasteiger partial charge in [-0.1, -0.05) is 29.8 Å². The second-order valence-electron chi connectivity index (χ2n) is 7.23. The molecule has 2 N–H and O–H groups in total. The number of piperidine rings is 1. The van der Waals surface area contributed by atoms with Crippen molar-refractivity contribution in [1.82, 2.24) is 4.31 Å². The smallest absolute Gasteiger partial charge is 0.243 e. The zero-order valence-corrected chi connectivity index (χ0v) is 17.3. The van der Waals surface area contributed by atoms with Crippen molar-refractivity contribution in [3.05, 3.63) is 54.1 Å². The third kappa shape index (κ3) is 5.02. The summed E-state index contributed by atoms with van der Waals surface area (Å²) in [6, 6.07) is 13.6. The van der Waals surface area contributed by atoms with Gasteiger partial charge in [0.2, 0.25) is 21.8 Å². The summed E-state index contributed by atoms with van der Waals surface area (Å²) in [5.41, 5.74) is 1.98. The zero-order chi connectivity index (χ0) is 21.0. The maximum absolute atomic E-state index is 12.9. The summed E-state index contributed by atoms with van der Waals surface area (Å²) in [7, 11) is -3.65. The molecule has 0 radical (unpaired) electrons. The number of sulfonamides is 1. The van der Waals surface area contributed by atoms with Gasteiger partial charge in [-0.25, -0.2) is 8.42 Å². The molecule has 1 fully saturated rings. The Morgan fingerprint density at radius 1 is 1.00 bits per heavy atom. The summed E-state index contributed by atoms with van der Waals surface area (Å²) in [6.45, 7) is 3.82. The van der Waals surface area contributed by atoms with Crippen molar-refractivity contribution in [2.24, 2.45) is 5.92 Å². The second kappa shape index (κ2) is 8.75. The minimum atomic E-state index is -3.65. The van der Waals surface area contributed by atoms with Crippen molar-refractivity contribution >= 4 is 33.2 Å². The zero-order valence-electron chi connectivity index (χ0n) is 16.5. The molecule has 0 aliphatic carbocycles. The van der Waals surface area contributed by atoms with Gasteiger partial charge >= 0.3 is 0 Å². The highest BCUT2D eigenvalue weighted by atomic mass is 32.2. The van der Waals surface area contributed by atoms with Crippen LogP contribution in [0.4, 0.5) is 11.4 Å². The molecule has 1 atom stereocenters. The monoisotopic (exact) mass is 415 g/mol. The quantitative estimate of drug-likeness (QED) is 0.785. The highest BCUT2D eigenvalue weighted by molar-refractivity contribution is 7.89. The highest BCUT2D eigenvalue weighted by Crippen LogP contribution is 2.27. The summed E-state index contributed by atoms with van der Waals surface area (Å²) >= 11 is 0. The van der Waals surface area contributed by atoms with Crippen LogP contribution in [0, 0.1) is 12.8 Å². The molecule has 2 aromatic carbocycles. The van der Waals surface area contributed by atoms with Gasteiger partial charge in [0.1, 0.15) is 0 Å². The number of anilines is 2. The maximum atomic E-state index is 12.9. The molecule has 0 spiro atoms. The molecule has 0 aromatic heterocycles. The molecule has 1 aliphatic rings. The minimum absolute atomic E-state index is 0.129. The van der Waals surface area contributed by atoms with E-state index in [9.17, 15) is 18.0 Å². The van der Waals surface area contributed by atoms with Gasteiger partial charge in [0.05, 0.1) is 22.2 Å². The van der Waals surface area contributed by atoms with E-state index in [1.54, 1.807) is 48.5 Å². The van der Waals surface area contributed by atoms with Gasteiger partial charge < -0.3 is 10.6 Å². The number of nitrogens with one attached hydrogen (secondary N) is 2. The lowest BCUT2D eigenvalue weighted by Crippen LogP contribution is -2.43. The van der Waals surface area contributed by atoms with E-state index in [1.807, 2.05) is 6.92 Å². The van der Waals surface area contributed by atoms with Gasteiger partial charge in [0.25, 0.3) is 0 Å². The van der Waals surface area contributed by atoms with E-state index in [2.05, 4.69) is 10.6 Å². The number of benzene rings is 2. The molecule has 1 saturated heterocycles. The first kappa shape index (κ1) is 21.0. The third-order valence-corrected chi connectivity index (χ3v) is 6.79. The van der Waals surface area contributed by atoms with Crippen molar-refractivity contribution in [3.8, 4) is 0 Å². The molecule has 0 saturated carbocycles. The Hall–Kier alpha value is -2.71. The van der Waals surface area contributed by atoms with Crippen LogP contribution in [0.3, 0.4) is 0 Å². The number of amides is 2. The van der Waals surface area contributed by atoms with Gasteiger partial charge in [0.15, 0.2) is 0 Å². The van der Waals surface area contributed by atoms with Crippen LogP contribution in [-0.2, 0) is 19.6 Å². The molecule has 8 heteroatoms. The summed E-state index contributed by atoms with van der Waals surface area (Å²) in [4.78, 5) is 24.4. The number of para-hydroxylation sites is 2. The lowest BCUT2D eigenvalue weighted by molar-refractivity contribution is -0.121. The van der Waals surface area contributed by atoms with E-state index in [4.69, 9.17) is 0 Å². The van der Waals surface area contributed by atoms with Gasteiger partial charge in [-0.3, -0.25) is 9.59 Å². The Balaban J connectivity index is 1.73. The number of rotatable bonds is 5. The largest absolute Gasteiger partial charge is 0.325 e. The Kier molecular flexibility index (Phi) is 6.34. The molecule has 2 amide bonds. The number of hydrogen-bond acceptors (Lipinski definition) is 4. The van der Waals surface area contributed by atoms with E-state index in [0.717, 1.165) is 5.56 Å². The number of carbonyl (C=O) groups is 2. The predicted octanol–water partition coefficient (Wildman–Crippen LogP) is 2.99. The molecule has 29 heavy (non-hydrogen) atoms. The van der Waals surface area contributed by atoms with E-state index < -0.39 is 15.9 Å². The summed E-state index contributed by atoms with van der Waals surface area (Å²) < 4.78 is 27.3. The van der Waals surface area contributed by atoms with Crippen LogP contribution >= 0.6 is 0 Å². The molecule has 2 aromatic rings. The average Bonchev–Trinajstić information content (AvgIpc) is 2.69. The minimum Gasteiger partial charge on any atom is -0.325 e. The third-order valence-electron chi connectivity index (χ3n) is 4.91. The van der Waals surface area contributed by atoms with Crippen LogP contribution in [0.5, 0.6) is 0 Å². The molecule has 3 rings (SSSR count). The van der Waals surface area contributed by atoms with Crippen LogP contribution in [0.2, 0.25) is 0 Å². The van der Waals surface area contributed by atoms with Crippen LogP contribution in [0.15, 0.2) is 53.4 Å². The van der Waals surface area contributed by atoms with Crippen molar-refractivity contribution in [2.45, 2.75) is 31.6 Å². The highest BCUT2D eigenvalue weighted by Gasteiger charge is 2.33. The summed E-state index contributed by atoms with van der Waals surface area (Å²) in [6.07, 6.45) is 1.21. The van der Waals surface area contributed by atoms with Gasteiger partial charge in [-0.15, -0.1) is 0 Å². The van der Waals surface area contributed by atoms with Crippen molar-refractivity contribution in [2.75, 3.05) is 23.7 Å². The van der Waals surface area contributed by atoms with Crippen LogP contribution in [0.1, 0.15) is 25.3 Å². The van der Waals surface area contributed by atoms with Crippen LogP contribution in [0.25, 0.3) is 0 Å². The molecule has 0 bridgehead atoms. The predicted molar refractivity (Wildman–Crippen MR) is 112 cm³/mol. The van der Waals surface area contributed by atoms with Gasteiger partial charge in [0, 0.05) is 20.0 Å². The first-order valence-corrected chi connectivity index (χ1v) is 11.0. The number of aryl methyl sites for hydroxylation is 1. The molecule has 1 heterocycles. The Morgan fingerprint density at radius 3 is 2.24 bits per heavy atom. The van der Waals surface area contributed by atoms with Crippen LogP contribution in [-0.4, -0.2) is 37.6 Å². The molecular formula is C21H25N3O4S. The average molecular weight is 416 g/mol. The van der Waals surface area contributed by atoms with E-state index >= 15 is 0 Å². The molecule has 154 valence electrons. The maximum Gasteiger partial charge on any atom is 0.243 e. The molecule has 1 aliphatic heterocycles. The van der Waals surface area contributed by atoms with E-state index in [1.165, 1.54) is 11.2 Å². The van der Waals surface area contributed by atoms with Gasteiger partial charge in [-0.05, 0) is 44.0 Å². The fourth-order valence-corrected chi connectivity index (χ4v) is 4.88. The fourth-order valence-electron chi connectivity index (χ4n) is 3.36. The lowest BCUT2D eigenvalue weighted by Gasteiger charge is -2.31. The first-order chi connectivity index (χ1) is 13.8. The number of hydrogen-bond donors (Lipinski definition) is 2. The first-order valence-electron chi connectivity index (χ1n) is 9.51. The molecule has 7 nitrogen and oxygen atoms in total. The second-order valence-corrected chi connectivity index (χ2v) is 9.17. The van der Waals surface area contributed by atoms with Crippen LogP contribution < -0.4 is 10.6 Å². The SMILES string of the molecule is CC(=O)Nc1ccccc1NC(=O)[C@@H]1CCCN(S(=O)(=O)c2ccc(C)cc2)C1. The van der Waals surface area contributed by atoms with Gasteiger partial charge in [-0.2, -0.15) is 4.31 Å².